The fraction of sp³-hybridized carbons (Fsp3) is 0. The van der Waals surface area contributed by atoms with Crippen molar-refractivity contribution in [3.63, 3.8) is 0 Å². The minimum Gasteiger partial charge on any atom is -0.266 e. The number of nitro groups is 1. The van der Waals surface area contributed by atoms with Gasteiger partial charge in [-0.2, -0.15) is 0 Å². The highest BCUT2D eigenvalue weighted by Gasteiger charge is 2.23. The molecule has 0 aliphatic carbocycles. The van der Waals surface area contributed by atoms with E-state index in [-0.39, 0.29) is 32.2 Å². The predicted octanol–water partition coefficient (Wildman–Crippen LogP) is 1.59. The topological polar surface area (TPSA) is 135 Å². The molecule has 1 aromatic carbocycles. The third-order valence-corrected chi connectivity index (χ3v) is 4.69. The monoisotopic (exact) mass is 415 g/mol. The molecule has 2 heterocycles. The molecular weight excluding hydrogens is 414 g/mol. The highest BCUT2D eigenvalue weighted by Crippen LogP contribution is 2.37. The minimum absolute atomic E-state index is 0.0846. The van der Waals surface area contributed by atoms with Gasteiger partial charge in [0.05, 0.1) is 10.4 Å². The number of fused-ring (bicyclic) bond motifs is 2. The van der Waals surface area contributed by atoms with E-state index < -0.39 is 16.0 Å². The molecule has 9 nitrogen and oxygen atoms in total. The van der Waals surface area contributed by atoms with E-state index in [0.29, 0.717) is 4.47 Å². The van der Waals surface area contributed by atoms with Crippen LogP contribution in [0.4, 0.5) is 5.69 Å². The molecule has 2 N–H and O–H groups in total. The maximum atomic E-state index is 11.7. The molecule has 2 aromatic heterocycles. The Labute approximate surface area is 130 Å². The average molecular weight is 417 g/mol. The summed E-state index contributed by atoms with van der Waals surface area (Å²) in [6.07, 6.45) is 0. The van der Waals surface area contributed by atoms with Gasteiger partial charge >= 0.3 is 5.69 Å². The Balaban J connectivity index is 2.65. The van der Waals surface area contributed by atoms with Crippen molar-refractivity contribution < 1.29 is 4.92 Å². The summed E-state index contributed by atoms with van der Waals surface area (Å²) in [4.78, 5) is 41.9. The lowest BCUT2D eigenvalue weighted by Crippen LogP contribution is -2.21. The first-order valence-corrected chi connectivity index (χ1v) is 6.93. The van der Waals surface area contributed by atoms with E-state index in [0.717, 1.165) is 0 Å². The summed E-state index contributed by atoms with van der Waals surface area (Å²) in [5.74, 6) is 0. The van der Waals surface area contributed by atoms with Crippen molar-refractivity contribution in [3.8, 4) is 0 Å². The van der Waals surface area contributed by atoms with Crippen LogP contribution in [0.2, 0.25) is 0 Å². The van der Waals surface area contributed by atoms with Crippen LogP contribution in [0.15, 0.2) is 24.6 Å². The lowest BCUT2D eigenvalue weighted by atomic mass is 10.2. The van der Waals surface area contributed by atoms with Gasteiger partial charge in [0.1, 0.15) is 4.47 Å². The lowest BCUT2D eigenvalue weighted by Gasteiger charge is -2.04. The van der Waals surface area contributed by atoms with Gasteiger partial charge in [0, 0.05) is 4.47 Å². The summed E-state index contributed by atoms with van der Waals surface area (Å²) in [5, 5.41) is 15.4. The summed E-state index contributed by atoms with van der Waals surface area (Å²) in [6.45, 7) is 0. The van der Waals surface area contributed by atoms with Gasteiger partial charge in [0.2, 0.25) is 0 Å². The normalized spacial score (nSPS) is 11.1. The van der Waals surface area contributed by atoms with Crippen molar-refractivity contribution in [2.24, 2.45) is 0 Å². The van der Waals surface area contributed by atoms with Gasteiger partial charge in [0.15, 0.2) is 16.6 Å². The Morgan fingerprint density at radius 2 is 1.62 bits per heavy atom. The van der Waals surface area contributed by atoms with E-state index in [1.165, 1.54) is 6.07 Å². The average Bonchev–Trinajstić information content (AvgIpc) is 2.43. The predicted molar refractivity (Wildman–Crippen MR) is 80.3 cm³/mol. The minimum atomic E-state index is -0.688. The van der Waals surface area contributed by atoms with Crippen LogP contribution >= 0.6 is 31.9 Å². The molecule has 0 radical (unpaired) electrons. The lowest BCUT2D eigenvalue weighted by molar-refractivity contribution is -0.384. The number of nitro benzene ring substituents is 1. The van der Waals surface area contributed by atoms with Crippen molar-refractivity contribution in [2.45, 2.75) is 0 Å². The highest BCUT2D eigenvalue weighted by molar-refractivity contribution is 9.13. The molecule has 0 saturated heterocycles. The van der Waals surface area contributed by atoms with Gasteiger partial charge in [0.25, 0.3) is 11.1 Å². The van der Waals surface area contributed by atoms with Crippen LogP contribution in [-0.2, 0) is 0 Å². The zero-order chi connectivity index (χ0) is 15.3. The number of hydrogen-bond donors (Lipinski definition) is 2. The number of nitrogens with zero attached hydrogens (tertiary/aromatic N) is 3. The molecule has 0 aliphatic heterocycles. The van der Waals surface area contributed by atoms with Crippen LogP contribution in [0, 0.1) is 10.1 Å². The summed E-state index contributed by atoms with van der Waals surface area (Å²) in [6, 6.07) is 1.47. The molecule has 3 rings (SSSR count). The van der Waals surface area contributed by atoms with E-state index in [9.17, 15) is 19.7 Å². The Bertz CT molecular complexity index is 1040. The molecule has 11 heteroatoms. The summed E-state index contributed by atoms with van der Waals surface area (Å²) in [7, 11) is 0. The number of aromatic amines is 2. The van der Waals surface area contributed by atoms with Crippen molar-refractivity contribution in [1.29, 1.82) is 0 Å². The summed E-state index contributed by atoms with van der Waals surface area (Å²) >= 11 is 6.25. The van der Waals surface area contributed by atoms with Crippen molar-refractivity contribution in [3.05, 3.63) is 45.8 Å². The van der Waals surface area contributed by atoms with Gasteiger partial charge in [-0.05, 0) is 37.9 Å². The number of H-pyrrole nitrogens is 2. The largest absolute Gasteiger partial charge is 0.312 e. The molecule has 0 fully saturated rings. The highest BCUT2D eigenvalue weighted by atomic mass is 79.9. The molecule has 0 saturated carbocycles. The first-order chi connectivity index (χ1) is 9.90. The Morgan fingerprint density at radius 3 is 2.19 bits per heavy atom. The van der Waals surface area contributed by atoms with Gasteiger partial charge < -0.3 is 0 Å². The number of aromatic nitrogens is 4. The second-order valence-electron chi connectivity index (χ2n) is 3.97. The number of halogens is 2. The van der Waals surface area contributed by atoms with Gasteiger partial charge in [-0.25, -0.2) is 9.97 Å². The zero-order valence-electron chi connectivity index (χ0n) is 9.81. The Hall–Kier alpha value is -2.14. The third-order valence-electron chi connectivity index (χ3n) is 2.73. The smallest absolute Gasteiger partial charge is 0.266 e. The van der Waals surface area contributed by atoms with Crippen LogP contribution in [0.1, 0.15) is 0 Å². The van der Waals surface area contributed by atoms with Crippen LogP contribution in [-0.4, -0.2) is 25.1 Å². The Morgan fingerprint density at radius 1 is 1.05 bits per heavy atom. The van der Waals surface area contributed by atoms with Gasteiger partial charge in [-0.15, -0.1) is 0 Å². The number of hydrogen-bond acceptors (Lipinski definition) is 6. The second-order valence-corrected chi connectivity index (χ2v) is 5.62. The summed E-state index contributed by atoms with van der Waals surface area (Å²) in [5.41, 5.74) is -2.07. The fourth-order valence-corrected chi connectivity index (χ4v) is 2.69. The van der Waals surface area contributed by atoms with E-state index in [4.69, 9.17) is 0 Å². The van der Waals surface area contributed by atoms with Crippen molar-refractivity contribution in [2.75, 3.05) is 0 Å². The third kappa shape index (κ3) is 2.05. The van der Waals surface area contributed by atoms with Crippen LogP contribution in [0.5, 0.6) is 0 Å². The summed E-state index contributed by atoms with van der Waals surface area (Å²) < 4.78 is 0.562. The van der Waals surface area contributed by atoms with Crippen LogP contribution in [0.3, 0.4) is 0 Å². The SMILES string of the molecule is O=c1[nH][nH]c(=O)c2nc3c([N+](=O)[O-])c(Br)c(Br)cc3nc12. The number of benzene rings is 1. The van der Waals surface area contributed by atoms with Crippen LogP contribution < -0.4 is 11.1 Å². The number of nitrogens with one attached hydrogen (secondary N) is 2. The molecule has 0 amide bonds. The first-order valence-electron chi connectivity index (χ1n) is 5.35. The zero-order valence-corrected chi connectivity index (χ0v) is 13.0. The van der Waals surface area contributed by atoms with E-state index in [2.05, 4.69) is 52.0 Å². The maximum absolute atomic E-state index is 11.7. The maximum Gasteiger partial charge on any atom is 0.312 e. The molecule has 0 spiro atoms. The molecule has 106 valence electrons. The van der Waals surface area contributed by atoms with E-state index >= 15 is 0 Å². The standard InChI is InChI=1S/C10H3Br2N5O4/c11-2-1-3-5(8(4(2)12)17(20)21)14-7-6(13-3)9(18)15-16-10(7)19/h1H,(H,15,18)(H,16,19). The van der Waals surface area contributed by atoms with Crippen LogP contribution in [0.25, 0.3) is 22.1 Å². The van der Waals surface area contributed by atoms with Gasteiger partial charge in [-0.3, -0.25) is 29.9 Å². The van der Waals surface area contributed by atoms with Crippen molar-refractivity contribution in [1.82, 2.24) is 20.2 Å². The molecule has 0 aliphatic rings. The molecule has 0 bridgehead atoms. The molecule has 0 atom stereocenters. The molecular formula is C10H3Br2N5O4. The quantitative estimate of drug-likeness (QED) is 0.351. The van der Waals surface area contributed by atoms with E-state index in [1.807, 2.05) is 0 Å². The second kappa shape index (κ2) is 4.70. The number of rotatable bonds is 1. The molecule has 3 aromatic rings. The molecule has 0 unspecified atom stereocenters. The first kappa shape index (κ1) is 13.8. The molecule has 21 heavy (non-hydrogen) atoms. The van der Waals surface area contributed by atoms with Crippen molar-refractivity contribution >= 4 is 59.6 Å². The van der Waals surface area contributed by atoms with Gasteiger partial charge in [-0.1, -0.05) is 0 Å². The Kier molecular flexibility index (Phi) is 3.10. The fourth-order valence-electron chi connectivity index (χ4n) is 1.84. The van der Waals surface area contributed by atoms with E-state index in [1.54, 1.807) is 0 Å².